The van der Waals surface area contributed by atoms with Gasteiger partial charge in [0.2, 0.25) is 0 Å². The maximum atomic E-state index is 7.25. The highest BCUT2D eigenvalue weighted by Crippen LogP contribution is 2.13. The predicted octanol–water partition coefficient (Wildman–Crippen LogP) is 2.61. The lowest BCUT2D eigenvalue weighted by Gasteiger charge is -2.02. The number of hydrogen-bond acceptors (Lipinski definition) is 2. The molecule has 76 valence electrons. The van der Waals surface area contributed by atoms with E-state index >= 15 is 0 Å². The zero-order valence-electron chi connectivity index (χ0n) is 8.42. The summed E-state index contributed by atoms with van der Waals surface area (Å²) in [5.41, 5.74) is 7.46. The van der Waals surface area contributed by atoms with Gasteiger partial charge in [-0.1, -0.05) is 31.2 Å². The molecule has 0 bridgehead atoms. The van der Waals surface area contributed by atoms with Crippen LogP contribution in [0, 0.1) is 5.41 Å². The molecule has 0 radical (unpaired) electrons. The molecule has 3 heteroatoms. The van der Waals surface area contributed by atoms with E-state index < -0.39 is 0 Å². The van der Waals surface area contributed by atoms with E-state index in [0.717, 1.165) is 11.3 Å². The van der Waals surface area contributed by atoms with Crippen molar-refractivity contribution in [1.82, 2.24) is 0 Å². The maximum absolute atomic E-state index is 7.25. The molecule has 1 rings (SSSR count). The van der Waals surface area contributed by atoms with Crippen LogP contribution in [0.2, 0.25) is 0 Å². The van der Waals surface area contributed by atoms with Crippen LogP contribution >= 0.6 is 11.8 Å². The molecule has 0 amide bonds. The molecular weight excluding hydrogens is 192 g/mol. The molecule has 2 nitrogen and oxygen atoms in total. The first kappa shape index (κ1) is 11.1. The Kier molecular flexibility index (Phi) is 4.53. The summed E-state index contributed by atoms with van der Waals surface area (Å²) < 4.78 is 0. The molecule has 1 aromatic rings. The monoisotopic (exact) mass is 208 g/mol. The number of benzene rings is 1. The van der Waals surface area contributed by atoms with E-state index in [1.807, 2.05) is 36.0 Å². The summed E-state index contributed by atoms with van der Waals surface area (Å²) in [7, 11) is 0. The third-order valence-corrected chi connectivity index (χ3v) is 3.12. The summed E-state index contributed by atoms with van der Waals surface area (Å²) in [6.07, 6.45) is 1.22. The smallest absolute Gasteiger partial charge is 0.122 e. The second kappa shape index (κ2) is 5.70. The summed E-state index contributed by atoms with van der Waals surface area (Å²) in [6, 6.07) is 7.90. The maximum Gasteiger partial charge on any atom is 0.122 e. The Hall–Kier alpha value is -0.960. The zero-order valence-corrected chi connectivity index (χ0v) is 9.23. The molecule has 0 saturated carbocycles. The van der Waals surface area contributed by atoms with Gasteiger partial charge in [-0.2, -0.15) is 11.8 Å². The van der Waals surface area contributed by atoms with Gasteiger partial charge in [-0.05, 0) is 17.7 Å². The van der Waals surface area contributed by atoms with Gasteiger partial charge in [0.25, 0.3) is 0 Å². The van der Waals surface area contributed by atoms with Crippen molar-refractivity contribution in [2.75, 3.05) is 5.75 Å². The fourth-order valence-electron chi connectivity index (χ4n) is 1.11. The van der Waals surface area contributed by atoms with Crippen LogP contribution in [0.4, 0.5) is 0 Å². The van der Waals surface area contributed by atoms with Crippen molar-refractivity contribution in [3.8, 4) is 0 Å². The van der Waals surface area contributed by atoms with E-state index in [9.17, 15) is 0 Å². The number of nitrogens with two attached hydrogens (primary N) is 1. The van der Waals surface area contributed by atoms with Gasteiger partial charge in [0.05, 0.1) is 0 Å². The van der Waals surface area contributed by atoms with Crippen LogP contribution in [-0.2, 0) is 5.75 Å². The molecule has 0 unspecified atom stereocenters. The number of nitrogens with one attached hydrogen (secondary N) is 1. The summed E-state index contributed by atoms with van der Waals surface area (Å²) >= 11 is 1.94. The van der Waals surface area contributed by atoms with Crippen LogP contribution in [-0.4, -0.2) is 11.6 Å². The Bertz CT molecular complexity index is 293. The number of thioether (sulfide) groups is 1. The summed E-state index contributed by atoms with van der Waals surface area (Å²) in [5.74, 6) is 2.39. The molecule has 0 saturated heterocycles. The lowest BCUT2D eigenvalue weighted by atomic mass is 10.1. The molecule has 14 heavy (non-hydrogen) atoms. The van der Waals surface area contributed by atoms with Crippen LogP contribution in [0.25, 0.3) is 0 Å². The van der Waals surface area contributed by atoms with Crippen molar-refractivity contribution in [3.05, 3.63) is 35.4 Å². The third kappa shape index (κ3) is 3.42. The number of nitrogen functional groups attached to an aromatic ring is 1. The summed E-state index contributed by atoms with van der Waals surface area (Å²) in [4.78, 5) is 0. The third-order valence-electron chi connectivity index (χ3n) is 1.88. The minimum absolute atomic E-state index is 0.137. The van der Waals surface area contributed by atoms with Crippen LogP contribution in [0.15, 0.2) is 24.3 Å². The largest absolute Gasteiger partial charge is 0.384 e. The predicted molar refractivity (Wildman–Crippen MR) is 63.9 cm³/mol. The first-order chi connectivity index (χ1) is 6.74. The molecule has 0 atom stereocenters. The first-order valence-electron chi connectivity index (χ1n) is 4.75. The lowest BCUT2D eigenvalue weighted by molar-refractivity contribution is 1.10. The molecule has 0 spiro atoms. The molecule has 0 aliphatic rings. The second-order valence-electron chi connectivity index (χ2n) is 3.16. The van der Waals surface area contributed by atoms with Gasteiger partial charge in [0, 0.05) is 11.3 Å². The quantitative estimate of drug-likeness (QED) is 0.444. The Morgan fingerprint density at radius 3 is 2.50 bits per heavy atom. The highest BCUT2D eigenvalue weighted by molar-refractivity contribution is 7.98. The number of amidine groups is 1. The van der Waals surface area contributed by atoms with E-state index in [4.69, 9.17) is 11.1 Å². The van der Waals surface area contributed by atoms with E-state index in [-0.39, 0.29) is 5.84 Å². The van der Waals surface area contributed by atoms with E-state index in [1.165, 1.54) is 17.7 Å². The Morgan fingerprint density at radius 2 is 2.00 bits per heavy atom. The molecule has 1 aromatic carbocycles. The Labute approximate surface area is 89.4 Å². The van der Waals surface area contributed by atoms with Crippen LogP contribution < -0.4 is 5.73 Å². The van der Waals surface area contributed by atoms with E-state index in [1.54, 1.807) is 0 Å². The van der Waals surface area contributed by atoms with Gasteiger partial charge >= 0.3 is 0 Å². The zero-order chi connectivity index (χ0) is 10.4. The van der Waals surface area contributed by atoms with Crippen molar-refractivity contribution in [2.45, 2.75) is 19.1 Å². The average molecular weight is 208 g/mol. The van der Waals surface area contributed by atoms with Crippen molar-refractivity contribution in [3.63, 3.8) is 0 Å². The Morgan fingerprint density at radius 1 is 1.36 bits per heavy atom. The molecule has 0 aliphatic carbocycles. The Balaban J connectivity index is 2.51. The van der Waals surface area contributed by atoms with Crippen molar-refractivity contribution in [2.24, 2.45) is 5.73 Å². The fraction of sp³-hybridized carbons (Fsp3) is 0.364. The molecule has 3 N–H and O–H groups in total. The van der Waals surface area contributed by atoms with Crippen LogP contribution in [0.1, 0.15) is 24.5 Å². The van der Waals surface area contributed by atoms with Gasteiger partial charge in [-0.25, -0.2) is 0 Å². The molecule has 0 fully saturated rings. The number of hydrogen-bond donors (Lipinski definition) is 2. The van der Waals surface area contributed by atoms with Crippen molar-refractivity contribution < 1.29 is 0 Å². The molecule has 0 heterocycles. The van der Waals surface area contributed by atoms with Crippen molar-refractivity contribution >= 4 is 17.6 Å². The van der Waals surface area contributed by atoms with Crippen LogP contribution in [0.5, 0.6) is 0 Å². The van der Waals surface area contributed by atoms with E-state index in [0.29, 0.717) is 0 Å². The highest BCUT2D eigenvalue weighted by atomic mass is 32.2. The fourth-order valence-corrected chi connectivity index (χ4v) is 1.98. The van der Waals surface area contributed by atoms with Gasteiger partial charge in [-0.3, -0.25) is 5.41 Å². The topological polar surface area (TPSA) is 49.9 Å². The highest BCUT2D eigenvalue weighted by Gasteiger charge is 1.96. The summed E-state index contributed by atoms with van der Waals surface area (Å²) in [5, 5.41) is 7.25. The number of rotatable bonds is 5. The average Bonchev–Trinajstić information content (AvgIpc) is 2.19. The molecule has 0 aliphatic heterocycles. The molecular formula is C11H16N2S. The second-order valence-corrected chi connectivity index (χ2v) is 4.27. The standard InChI is InChI=1S/C11H16N2S/c1-2-7-14-8-9-3-5-10(6-4-9)11(12)13/h3-6H,2,7-8H2,1H3,(H3,12,13). The van der Waals surface area contributed by atoms with Gasteiger partial charge in [0.15, 0.2) is 0 Å². The molecule has 0 aromatic heterocycles. The lowest BCUT2D eigenvalue weighted by Crippen LogP contribution is -2.10. The SMILES string of the molecule is CCCSCc1ccc(C(=N)N)cc1. The van der Waals surface area contributed by atoms with Gasteiger partial charge in [0.1, 0.15) is 5.84 Å². The van der Waals surface area contributed by atoms with Crippen molar-refractivity contribution in [1.29, 1.82) is 5.41 Å². The first-order valence-corrected chi connectivity index (χ1v) is 5.90. The minimum atomic E-state index is 0.137. The summed E-state index contributed by atoms with van der Waals surface area (Å²) in [6.45, 7) is 2.19. The minimum Gasteiger partial charge on any atom is -0.384 e. The normalized spacial score (nSPS) is 10.1. The van der Waals surface area contributed by atoms with Gasteiger partial charge < -0.3 is 5.73 Å². The van der Waals surface area contributed by atoms with E-state index in [2.05, 4.69) is 6.92 Å². The van der Waals surface area contributed by atoms with Crippen LogP contribution in [0.3, 0.4) is 0 Å². The van der Waals surface area contributed by atoms with Gasteiger partial charge in [-0.15, -0.1) is 0 Å².